The highest BCUT2D eigenvalue weighted by molar-refractivity contribution is 8.01. The lowest BCUT2D eigenvalue weighted by Crippen LogP contribution is -2.70. The smallest absolute Gasteiger partial charge is 0.367 e. The number of β-lactam (4-membered cyclic amide) rings is 1. The van der Waals surface area contributed by atoms with Crippen molar-refractivity contribution >= 4 is 64.3 Å². The highest BCUT2D eigenvalue weighted by Gasteiger charge is 2.54. The van der Waals surface area contributed by atoms with Crippen molar-refractivity contribution in [3.05, 3.63) is 55.8 Å². The van der Waals surface area contributed by atoms with Gasteiger partial charge < -0.3 is 20.8 Å². The van der Waals surface area contributed by atoms with Crippen LogP contribution in [0.25, 0.3) is 5.65 Å². The lowest BCUT2D eigenvalue weighted by atomic mass is 10.0. The number of thiophene rings is 1. The van der Waals surface area contributed by atoms with Gasteiger partial charge in [-0.1, -0.05) is 0 Å². The number of hydrogen-bond acceptors (Lipinski definition) is 11. The highest BCUT2D eigenvalue weighted by atomic mass is 32.2. The molecule has 0 radical (unpaired) electrons. The average Bonchev–Trinajstić information content (AvgIpc) is 3.48. The number of nitrogens with zero attached hydrogens (tertiary/aromatic N) is 5. The third kappa shape index (κ3) is 5.36. The van der Waals surface area contributed by atoms with Gasteiger partial charge in [0.25, 0.3) is 5.91 Å². The quantitative estimate of drug-likeness (QED) is 0.167. The zero-order chi connectivity index (χ0) is 28.6. The second-order valence-corrected chi connectivity index (χ2v) is 12.0. The third-order valence-electron chi connectivity index (χ3n) is 6.19. The number of aliphatic carboxylic acids is 2. The van der Waals surface area contributed by atoms with E-state index in [4.69, 9.17) is 5.11 Å². The van der Waals surface area contributed by atoms with E-state index in [0.717, 1.165) is 19.6 Å². The molecule has 3 aromatic heterocycles. The minimum atomic E-state index is -1.25. The Morgan fingerprint density at radius 1 is 1.18 bits per heavy atom. The molecule has 14 nitrogen and oxygen atoms in total. The molecule has 2 aliphatic rings. The molecule has 17 heteroatoms. The number of fused-ring (bicyclic) bond motifs is 2. The van der Waals surface area contributed by atoms with Gasteiger partial charge in [0.1, 0.15) is 28.7 Å². The fourth-order valence-corrected chi connectivity index (χ4v) is 7.64. The zero-order valence-electron chi connectivity index (χ0n) is 20.9. The number of amides is 2. The van der Waals surface area contributed by atoms with Crippen LogP contribution in [-0.4, -0.2) is 88.2 Å². The first kappa shape index (κ1) is 27.9. The van der Waals surface area contributed by atoms with Crippen LogP contribution in [0, 0.1) is 0 Å². The maximum absolute atomic E-state index is 13.0. The second kappa shape index (κ2) is 11.4. The van der Waals surface area contributed by atoms with Gasteiger partial charge in [0, 0.05) is 22.9 Å². The number of aromatic nitrogens is 4. The zero-order valence-corrected chi connectivity index (χ0v) is 23.3. The van der Waals surface area contributed by atoms with Crippen LogP contribution in [-0.2, 0) is 38.7 Å². The molecule has 5 rings (SSSR count). The van der Waals surface area contributed by atoms with E-state index in [1.807, 2.05) is 18.5 Å². The summed E-state index contributed by atoms with van der Waals surface area (Å²) in [7, 11) is 1.82. The van der Waals surface area contributed by atoms with Crippen molar-refractivity contribution in [2.75, 3.05) is 18.6 Å². The van der Waals surface area contributed by atoms with Crippen molar-refractivity contribution < 1.29 is 29.4 Å². The monoisotopic (exact) mass is 605 g/mol. The van der Waals surface area contributed by atoms with Crippen LogP contribution in [0.5, 0.6) is 0 Å². The van der Waals surface area contributed by atoms with Gasteiger partial charge in [-0.3, -0.25) is 19.3 Å². The summed E-state index contributed by atoms with van der Waals surface area (Å²) in [5.41, 5.74) is 0.866. The third-order valence-corrected chi connectivity index (χ3v) is 9.50. The number of thioether (sulfide) groups is 2. The minimum Gasteiger partial charge on any atom is -0.480 e. The molecule has 1 saturated heterocycles. The van der Waals surface area contributed by atoms with E-state index in [1.165, 1.54) is 45.8 Å². The minimum absolute atomic E-state index is 0.117. The first-order valence-electron chi connectivity index (χ1n) is 11.9. The summed E-state index contributed by atoms with van der Waals surface area (Å²) in [4.78, 5) is 63.3. The van der Waals surface area contributed by atoms with Gasteiger partial charge in [-0.25, -0.2) is 9.59 Å². The molecule has 0 aromatic carbocycles. The van der Waals surface area contributed by atoms with Gasteiger partial charge in [-0.05, 0) is 41.8 Å². The summed E-state index contributed by atoms with van der Waals surface area (Å²) >= 11 is 4.01. The van der Waals surface area contributed by atoms with Gasteiger partial charge in [0.2, 0.25) is 5.91 Å². The Hall–Kier alpha value is -3.67. The molecule has 1 fully saturated rings. The molecule has 40 heavy (non-hydrogen) atoms. The Bertz CT molecular complexity index is 1610. The van der Waals surface area contributed by atoms with Crippen molar-refractivity contribution in [1.82, 2.24) is 34.9 Å². The molecule has 4 N–H and O–H groups in total. The number of carboxylic acid groups (broad SMARTS) is 2. The van der Waals surface area contributed by atoms with Crippen LogP contribution in [0.4, 0.5) is 0 Å². The molecule has 2 amide bonds. The van der Waals surface area contributed by atoms with E-state index >= 15 is 0 Å². The molecule has 2 aliphatic heterocycles. The van der Waals surface area contributed by atoms with Gasteiger partial charge in [-0.15, -0.1) is 40.0 Å². The van der Waals surface area contributed by atoms with Crippen LogP contribution >= 0.6 is 34.9 Å². The fraction of sp³-hybridized carbons (Fsp3) is 0.348. The van der Waals surface area contributed by atoms with Crippen LogP contribution in [0.1, 0.15) is 10.4 Å². The van der Waals surface area contributed by atoms with E-state index in [2.05, 4.69) is 20.8 Å². The molecule has 5 heterocycles. The van der Waals surface area contributed by atoms with Crippen molar-refractivity contribution in [2.24, 2.45) is 0 Å². The molecule has 2 atom stereocenters. The first-order valence-corrected chi connectivity index (χ1v) is 14.8. The van der Waals surface area contributed by atoms with Crippen LogP contribution < -0.4 is 16.3 Å². The molecule has 210 valence electrons. The average molecular weight is 606 g/mol. The van der Waals surface area contributed by atoms with Crippen LogP contribution in [0.2, 0.25) is 0 Å². The van der Waals surface area contributed by atoms with Gasteiger partial charge in [0.15, 0.2) is 5.65 Å². The summed E-state index contributed by atoms with van der Waals surface area (Å²) in [6.07, 6.45) is 0.134. The number of hydrogen-bond donors (Lipinski definition) is 4. The van der Waals surface area contributed by atoms with E-state index in [0.29, 0.717) is 22.9 Å². The number of carbonyl (C=O) groups is 4. The Morgan fingerprint density at radius 2 is 1.98 bits per heavy atom. The van der Waals surface area contributed by atoms with Gasteiger partial charge in [-0.2, -0.15) is 14.3 Å². The summed E-state index contributed by atoms with van der Waals surface area (Å²) in [5, 5.41) is 34.6. The Labute approximate surface area is 238 Å². The summed E-state index contributed by atoms with van der Waals surface area (Å²) in [5.74, 6) is -2.74. The van der Waals surface area contributed by atoms with E-state index in [-0.39, 0.29) is 29.4 Å². The number of carbonyl (C=O) groups excluding carboxylic acids is 2. The molecule has 0 aliphatic carbocycles. The molecular weight excluding hydrogens is 582 g/mol. The van der Waals surface area contributed by atoms with Crippen molar-refractivity contribution in [3.63, 3.8) is 0 Å². The van der Waals surface area contributed by atoms with E-state index < -0.39 is 41.5 Å². The lowest BCUT2D eigenvalue weighted by molar-refractivity contribution is -0.150. The molecule has 0 saturated carbocycles. The summed E-state index contributed by atoms with van der Waals surface area (Å²) < 4.78 is 1.77. The molecule has 1 unspecified atom stereocenters. The van der Waals surface area contributed by atoms with Crippen molar-refractivity contribution in [2.45, 2.75) is 36.0 Å². The van der Waals surface area contributed by atoms with Gasteiger partial charge in [0.05, 0.1) is 6.42 Å². The summed E-state index contributed by atoms with van der Waals surface area (Å²) in [6, 6.07) is 4.23. The number of carboxylic acids is 2. The van der Waals surface area contributed by atoms with Crippen molar-refractivity contribution in [1.29, 1.82) is 0 Å². The normalized spacial score (nSPS) is 18.5. The maximum atomic E-state index is 13.0. The van der Waals surface area contributed by atoms with E-state index in [9.17, 15) is 29.1 Å². The summed E-state index contributed by atoms with van der Waals surface area (Å²) in [6.45, 7) is 0.0252. The number of nitrogens with one attached hydrogen (secondary N) is 2. The van der Waals surface area contributed by atoms with E-state index in [1.54, 1.807) is 6.07 Å². The standard InChI is InChI=1S/C23H23N7O7S3/c1-24-7-11-4-5-38-13(11)6-15(31)25-18-20(34)29-19(22(35)36)12(10-40-21(18)29)9-39-16-3-2-14-26-28(8-17(32)33)23(37)30(14)27-16/h2-5,18,21,24H,6-10H2,1H3,(H,25,31)(H,32,33)(H,35,36)/t18?,21-/m0/s1. The Kier molecular flexibility index (Phi) is 7.97. The molecular formula is C23H23N7O7S3. The highest BCUT2D eigenvalue weighted by Crippen LogP contribution is 2.41. The predicted octanol–water partition coefficient (Wildman–Crippen LogP) is -0.170. The predicted molar refractivity (Wildman–Crippen MR) is 146 cm³/mol. The topological polar surface area (TPSA) is 188 Å². The molecule has 0 spiro atoms. The Morgan fingerprint density at radius 3 is 2.70 bits per heavy atom. The SMILES string of the molecule is CNCc1ccsc1CC(=O)NC1C(=O)N2C(C(=O)O)=C(CSc3ccc4nn(CC(=O)O)c(=O)n4n3)CS[C@@H]12. The molecule has 0 bridgehead atoms. The lowest BCUT2D eigenvalue weighted by Gasteiger charge is -2.49. The number of rotatable bonds is 11. The van der Waals surface area contributed by atoms with Crippen LogP contribution in [0.3, 0.4) is 0 Å². The van der Waals surface area contributed by atoms with Gasteiger partial charge >= 0.3 is 17.6 Å². The molecule has 3 aromatic rings. The largest absolute Gasteiger partial charge is 0.480 e. The van der Waals surface area contributed by atoms with Crippen LogP contribution in [0.15, 0.2) is 44.7 Å². The second-order valence-electron chi connectivity index (χ2n) is 8.85. The van der Waals surface area contributed by atoms with Crippen molar-refractivity contribution in [3.8, 4) is 0 Å². The maximum Gasteiger partial charge on any atom is 0.367 e. The fourth-order valence-electron chi connectivity index (χ4n) is 4.40. The first-order chi connectivity index (χ1) is 19.2. The Balaban J connectivity index is 1.27.